The third-order valence-electron chi connectivity index (χ3n) is 6.94. The summed E-state index contributed by atoms with van der Waals surface area (Å²) in [6.45, 7) is 6.69. The molecule has 0 bridgehead atoms. The first kappa shape index (κ1) is 24.5. The normalized spacial score (nSPS) is 19.4. The van der Waals surface area contributed by atoms with Crippen LogP contribution in [0.15, 0.2) is 84.0 Å². The van der Waals surface area contributed by atoms with Crippen LogP contribution in [0.3, 0.4) is 0 Å². The van der Waals surface area contributed by atoms with Gasteiger partial charge < -0.3 is 10.1 Å². The number of rotatable bonds is 9. The Morgan fingerprint density at radius 2 is 1.71 bits per heavy atom. The first-order chi connectivity index (χ1) is 17.0. The van der Waals surface area contributed by atoms with E-state index >= 15 is 0 Å². The fraction of sp³-hybridized carbons (Fsp3) is 0.333. The van der Waals surface area contributed by atoms with Gasteiger partial charge in [0.25, 0.3) is 0 Å². The number of nitrogens with zero attached hydrogens (tertiary/aromatic N) is 2. The van der Waals surface area contributed by atoms with E-state index in [1.165, 1.54) is 5.56 Å². The minimum Gasteiger partial charge on any atom is -0.496 e. The van der Waals surface area contributed by atoms with E-state index in [0.717, 1.165) is 47.5 Å². The van der Waals surface area contributed by atoms with Crippen molar-refractivity contribution in [2.45, 2.75) is 52.1 Å². The van der Waals surface area contributed by atoms with Gasteiger partial charge in [-0.25, -0.2) is 5.01 Å². The predicted molar refractivity (Wildman–Crippen MR) is 143 cm³/mol. The topological polar surface area (TPSA) is 53.9 Å². The molecular formula is C30H35N3O2. The van der Waals surface area contributed by atoms with Crippen LogP contribution in [-0.4, -0.2) is 24.3 Å². The summed E-state index contributed by atoms with van der Waals surface area (Å²) < 4.78 is 5.49. The maximum absolute atomic E-state index is 14.1. The highest BCUT2D eigenvalue weighted by molar-refractivity contribution is 6.10. The van der Waals surface area contributed by atoms with Crippen LogP contribution < -0.4 is 15.1 Å². The average Bonchev–Trinajstić information content (AvgIpc) is 3.20. The zero-order chi connectivity index (χ0) is 24.8. The molecule has 0 aliphatic carbocycles. The van der Waals surface area contributed by atoms with Crippen LogP contribution in [0.5, 0.6) is 5.75 Å². The highest BCUT2D eigenvalue weighted by atomic mass is 16.5. The monoisotopic (exact) mass is 469 g/mol. The Hall–Kier alpha value is -3.60. The molecule has 4 rings (SSSR count). The molecular weight excluding hydrogens is 434 g/mol. The van der Waals surface area contributed by atoms with Crippen LogP contribution in [0, 0.1) is 12.8 Å². The van der Waals surface area contributed by atoms with Gasteiger partial charge in [0.2, 0.25) is 5.91 Å². The molecule has 1 amide bonds. The lowest BCUT2D eigenvalue weighted by Crippen LogP contribution is -2.57. The Balaban J connectivity index is 1.73. The molecule has 1 aliphatic rings. The number of hydrogen-bond donors (Lipinski definition) is 1. The average molecular weight is 470 g/mol. The van der Waals surface area contributed by atoms with Crippen molar-refractivity contribution in [1.29, 1.82) is 0 Å². The van der Waals surface area contributed by atoms with Gasteiger partial charge in [0.05, 0.1) is 18.5 Å². The molecule has 0 spiro atoms. The van der Waals surface area contributed by atoms with Gasteiger partial charge >= 0.3 is 0 Å². The van der Waals surface area contributed by atoms with Crippen molar-refractivity contribution in [3.63, 3.8) is 0 Å². The molecule has 2 atom stereocenters. The molecule has 1 heterocycles. The van der Waals surface area contributed by atoms with E-state index in [2.05, 4.69) is 43.4 Å². The molecule has 1 aliphatic heterocycles. The van der Waals surface area contributed by atoms with E-state index in [1.54, 1.807) is 7.11 Å². The molecule has 35 heavy (non-hydrogen) atoms. The maximum Gasteiger partial charge on any atom is 0.248 e. The standard InChI is InChI=1S/C30H35N3O2/c1-5-6-15-26-28(23-19-17-22(2)18-20-23)32-33(25-13-8-7-9-14-25)30(26,3)29(34)31-21-24-12-10-11-16-27(24)35-4/h7-14,16-20,26H,5-6,15,21H2,1-4H3,(H,31,34). The number of nitrogens with one attached hydrogen (secondary N) is 1. The minimum absolute atomic E-state index is 0.0424. The molecule has 0 saturated heterocycles. The van der Waals surface area contributed by atoms with E-state index in [0.29, 0.717) is 6.54 Å². The Kier molecular flexibility index (Phi) is 7.54. The number of anilines is 1. The van der Waals surface area contributed by atoms with Crippen LogP contribution in [0.2, 0.25) is 0 Å². The summed E-state index contributed by atoms with van der Waals surface area (Å²) in [5.74, 6) is 0.672. The smallest absolute Gasteiger partial charge is 0.248 e. The molecule has 0 aromatic heterocycles. The fourth-order valence-corrected chi connectivity index (χ4v) is 4.86. The van der Waals surface area contributed by atoms with Crippen molar-refractivity contribution >= 4 is 17.3 Å². The summed E-state index contributed by atoms with van der Waals surface area (Å²) in [6, 6.07) is 26.2. The first-order valence-electron chi connectivity index (χ1n) is 12.4. The van der Waals surface area contributed by atoms with E-state index in [1.807, 2.05) is 66.5 Å². The van der Waals surface area contributed by atoms with Gasteiger partial charge in [0.1, 0.15) is 11.3 Å². The second-order valence-corrected chi connectivity index (χ2v) is 9.34. The summed E-state index contributed by atoms with van der Waals surface area (Å²) in [6.07, 6.45) is 2.96. The van der Waals surface area contributed by atoms with Crippen LogP contribution in [0.1, 0.15) is 49.8 Å². The second-order valence-electron chi connectivity index (χ2n) is 9.34. The van der Waals surface area contributed by atoms with Gasteiger partial charge in [-0.2, -0.15) is 5.10 Å². The summed E-state index contributed by atoms with van der Waals surface area (Å²) in [4.78, 5) is 14.1. The van der Waals surface area contributed by atoms with Gasteiger partial charge in [-0.15, -0.1) is 0 Å². The Morgan fingerprint density at radius 1 is 1.03 bits per heavy atom. The fourth-order valence-electron chi connectivity index (χ4n) is 4.86. The van der Waals surface area contributed by atoms with Crippen molar-refractivity contribution in [3.8, 4) is 5.75 Å². The van der Waals surface area contributed by atoms with E-state index < -0.39 is 5.54 Å². The largest absolute Gasteiger partial charge is 0.496 e. The number of methoxy groups -OCH3 is 1. The Labute approximate surface area is 208 Å². The molecule has 1 N–H and O–H groups in total. The van der Waals surface area contributed by atoms with E-state index in [4.69, 9.17) is 9.84 Å². The molecule has 0 fully saturated rings. The first-order valence-corrected chi connectivity index (χ1v) is 12.4. The summed E-state index contributed by atoms with van der Waals surface area (Å²) in [5, 5.41) is 10.3. The quantitative estimate of drug-likeness (QED) is 0.411. The van der Waals surface area contributed by atoms with Crippen molar-refractivity contribution in [2.75, 3.05) is 12.1 Å². The predicted octanol–water partition coefficient (Wildman–Crippen LogP) is 6.11. The molecule has 5 nitrogen and oxygen atoms in total. The van der Waals surface area contributed by atoms with Gasteiger partial charge in [-0.05, 0) is 44.0 Å². The zero-order valence-electron chi connectivity index (χ0n) is 21.1. The second kappa shape index (κ2) is 10.8. The number of ether oxygens (including phenoxy) is 1. The van der Waals surface area contributed by atoms with Crippen LogP contribution in [0.25, 0.3) is 0 Å². The van der Waals surface area contributed by atoms with Crippen LogP contribution >= 0.6 is 0 Å². The number of carbonyl (C=O) groups is 1. The van der Waals surface area contributed by atoms with Crippen molar-refractivity contribution in [3.05, 3.63) is 95.6 Å². The molecule has 3 aromatic rings. The minimum atomic E-state index is -0.876. The van der Waals surface area contributed by atoms with Gasteiger partial charge in [0, 0.05) is 18.0 Å². The van der Waals surface area contributed by atoms with Gasteiger partial charge in [-0.3, -0.25) is 4.79 Å². The summed E-state index contributed by atoms with van der Waals surface area (Å²) >= 11 is 0. The Bertz CT molecular complexity index is 1170. The van der Waals surface area contributed by atoms with Crippen LogP contribution in [-0.2, 0) is 11.3 Å². The van der Waals surface area contributed by atoms with Gasteiger partial charge in [-0.1, -0.05) is 86.0 Å². The highest BCUT2D eigenvalue weighted by Gasteiger charge is 2.53. The zero-order valence-corrected chi connectivity index (χ0v) is 21.1. The highest BCUT2D eigenvalue weighted by Crippen LogP contribution is 2.41. The number of para-hydroxylation sites is 2. The lowest BCUT2D eigenvalue weighted by Gasteiger charge is -2.37. The maximum atomic E-state index is 14.1. The number of hydrazone groups is 1. The number of unbranched alkanes of at least 4 members (excludes halogenated alkanes) is 1. The molecule has 2 unspecified atom stereocenters. The van der Waals surface area contributed by atoms with Crippen LogP contribution in [0.4, 0.5) is 5.69 Å². The number of aryl methyl sites for hydroxylation is 1. The molecule has 5 heteroatoms. The third kappa shape index (κ3) is 4.95. The number of carbonyl (C=O) groups excluding carboxylic acids is 1. The SMILES string of the molecule is CCCCC1C(c2ccc(C)cc2)=NN(c2ccccc2)C1(C)C(=O)NCc1ccccc1OC. The summed E-state index contributed by atoms with van der Waals surface area (Å²) in [7, 11) is 1.65. The van der Waals surface area contributed by atoms with E-state index in [9.17, 15) is 4.79 Å². The van der Waals surface area contributed by atoms with E-state index in [-0.39, 0.29) is 11.8 Å². The number of benzene rings is 3. The molecule has 0 radical (unpaired) electrons. The van der Waals surface area contributed by atoms with Crippen molar-refractivity contribution < 1.29 is 9.53 Å². The lowest BCUT2D eigenvalue weighted by molar-refractivity contribution is -0.127. The molecule has 3 aromatic carbocycles. The molecule has 0 saturated carbocycles. The third-order valence-corrected chi connectivity index (χ3v) is 6.94. The number of amides is 1. The van der Waals surface area contributed by atoms with Crippen molar-refractivity contribution in [1.82, 2.24) is 5.32 Å². The lowest BCUT2D eigenvalue weighted by atomic mass is 9.76. The Morgan fingerprint density at radius 3 is 2.40 bits per heavy atom. The van der Waals surface area contributed by atoms with Crippen molar-refractivity contribution in [2.24, 2.45) is 11.0 Å². The molecule has 182 valence electrons. The summed E-state index contributed by atoms with van der Waals surface area (Å²) in [5.41, 5.74) is 4.22. The number of hydrogen-bond acceptors (Lipinski definition) is 4. The van der Waals surface area contributed by atoms with Gasteiger partial charge in [0.15, 0.2) is 0 Å².